The van der Waals surface area contributed by atoms with Gasteiger partial charge in [-0.25, -0.2) is 0 Å². The van der Waals surface area contributed by atoms with Gasteiger partial charge in [-0.15, -0.1) is 0 Å². The Morgan fingerprint density at radius 3 is 2.08 bits per heavy atom. The van der Waals surface area contributed by atoms with Gasteiger partial charge >= 0.3 is 0 Å². The number of allylic oxidation sites excluding steroid dienone is 2. The molecule has 0 unspecified atom stereocenters. The van der Waals surface area contributed by atoms with Crippen LogP contribution in [0.2, 0.25) is 0 Å². The van der Waals surface area contributed by atoms with Gasteiger partial charge in [-0.3, -0.25) is 0 Å². The lowest BCUT2D eigenvalue weighted by Gasteiger charge is -2.12. The molecular formula is C10H20N2. The van der Waals surface area contributed by atoms with E-state index < -0.39 is 0 Å². The fraction of sp³-hybridized carbons (Fsp3) is 0.700. The third kappa shape index (κ3) is 3.56. The van der Waals surface area contributed by atoms with E-state index in [1.165, 1.54) is 0 Å². The summed E-state index contributed by atoms with van der Waals surface area (Å²) >= 11 is 0. The maximum absolute atomic E-state index is 7.58. The smallest absolute Gasteiger partial charge is 0.0332 e. The normalized spacial score (nSPS) is 12.8. The van der Waals surface area contributed by atoms with Gasteiger partial charge in [-0.2, -0.15) is 0 Å². The average molecular weight is 168 g/mol. The third-order valence-electron chi connectivity index (χ3n) is 1.89. The molecule has 2 nitrogen and oxygen atoms in total. The predicted octanol–water partition coefficient (Wildman–Crippen LogP) is 2.57. The lowest BCUT2D eigenvalue weighted by atomic mass is 9.98. The van der Waals surface area contributed by atoms with Crippen molar-refractivity contribution in [3.63, 3.8) is 0 Å². The summed E-state index contributed by atoms with van der Waals surface area (Å²) in [6.45, 7) is 8.21. The highest BCUT2D eigenvalue weighted by atomic mass is 14.8. The molecule has 0 fully saturated rings. The highest BCUT2D eigenvalue weighted by Crippen LogP contribution is 2.14. The summed E-state index contributed by atoms with van der Waals surface area (Å²) in [7, 11) is 1.90. The predicted molar refractivity (Wildman–Crippen MR) is 54.6 cm³/mol. The third-order valence-corrected chi connectivity index (χ3v) is 1.89. The second kappa shape index (κ2) is 4.96. The molecule has 2 heteroatoms. The van der Waals surface area contributed by atoms with Crippen molar-refractivity contribution in [2.75, 3.05) is 7.05 Å². The Kier molecular flexibility index (Phi) is 4.64. The van der Waals surface area contributed by atoms with E-state index in [9.17, 15) is 0 Å². The van der Waals surface area contributed by atoms with Crippen LogP contribution in [0, 0.1) is 11.3 Å². The van der Waals surface area contributed by atoms with E-state index in [-0.39, 0.29) is 0 Å². The van der Waals surface area contributed by atoms with Crippen LogP contribution in [0.3, 0.4) is 0 Å². The molecule has 0 saturated carbocycles. The largest absolute Gasteiger partial charge is 0.391 e. The Labute approximate surface area is 75.6 Å². The molecule has 0 aromatic rings. The quantitative estimate of drug-likeness (QED) is 0.622. The fourth-order valence-corrected chi connectivity index (χ4v) is 1.15. The van der Waals surface area contributed by atoms with Crippen molar-refractivity contribution in [2.24, 2.45) is 5.92 Å². The molecular weight excluding hydrogens is 148 g/mol. The zero-order valence-electron chi connectivity index (χ0n) is 8.78. The van der Waals surface area contributed by atoms with Crippen molar-refractivity contribution < 1.29 is 0 Å². The van der Waals surface area contributed by atoms with Crippen LogP contribution >= 0.6 is 0 Å². The molecule has 0 aliphatic rings. The molecule has 0 bridgehead atoms. The molecule has 0 saturated heterocycles. The second-order valence-electron chi connectivity index (χ2n) is 3.58. The van der Waals surface area contributed by atoms with Crippen LogP contribution < -0.4 is 5.32 Å². The van der Waals surface area contributed by atoms with Crippen LogP contribution in [0.4, 0.5) is 0 Å². The molecule has 0 spiro atoms. The highest BCUT2D eigenvalue weighted by Gasteiger charge is 2.06. The molecule has 0 amide bonds. The fourth-order valence-electron chi connectivity index (χ4n) is 1.15. The molecule has 0 aliphatic heterocycles. The Morgan fingerprint density at radius 2 is 1.83 bits per heavy atom. The summed E-state index contributed by atoms with van der Waals surface area (Å²) in [5.74, 6) is 0.614. The van der Waals surface area contributed by atoms with E-state index in [1.54, 1.807) is 0 Å². The van der Waals surface area contributed by atoms with E-state index >= 15 is 0 Å². The lowest BCUT2D eigenvalue weighted by molar-refractivity contribution is 0.646. The van der Waals surface area contributed by atoms with E-state index in [4.69, 9.17) is 5.41 Å². The average Bonchev–Trinajstić information content (AvgIpc) is 1.98. The summed E-state index contributed by atoms with van der Waals surface area (Å²) in [5, 5.41) is 10.7. The van der Waals surface area contributed by atoms with Gasteiger partial charge in [-0.05, 0) is 31.8 Å². The first-order valence-corrected chi connectivity index (χ1v) is 4.42. The van der Waals surface area contributed by atoms with Crippen molar-refractivity contribution >= 4 is 5.71 Å². The molecule has 2 N–H and O–H groups in total. The van der Waals surface area contributed by atoms with Crippen LogP contribution in [0.15, 0.2) is 11.3 Å². The number of nitrogens with one attached hydrogen (secondary N) is 2. The Hall–Kier alpha value is -0.790. The van der Waals surface area contributed by atoms with E-state index in [0.717, 1.165) is 17.7 Å². The molecule has 0 heterocycles. The van der Waals surface area contributed by atoms with Crippen LogP contribution in [-0.4, -0.2) is 12.8 Å². The molecule has 0 atom stereocenters. The van der Waals surface area contributed by atoms with Crippen LogP contribution in [0.5, 0.6) is 0 Å². The minimum absolute atomic E-state index is 0.614. The van der Waals surface area contributed by atoms with Gasteiger partial charge in [-0.1, -0.05) is 13.8 Å². The number of hydrogen-bond donors (Lipinski definition) is 2. The van der Waals surface area contributed by atoms with Crippen molar-refractivity contribution in [3.8, 4) is 0 Å². The summed E-state index contributed by atoms with van der Waals surface area (Å²) in [5.41, 5.74) is 2.94. The minimum Gasteiger partial charge on any atom is -0.391 e. The topological polar surface area (TPSA) is 35.9 Å². The van der Waals surface area contributed by atoms with Gasteiger partial charge in [0.1, 0.15) is 0 Å². The molecule has 0 aliphatic carbocycles. The summed E-state index contributed by atoms with van der Waals surface area (Å²) in [6.07, 6.45) is 0.988. The Balaban J connectivity index is 4.55. The standard InChI is InChI=1S/C10H20N2/c1-7(2)6-10(8(3)11)9(4)12-5/h7,11-12H,6H2,1-5H3/b10-9-,11-8?. The van der Waals surface area contributed by atoms with E-state index in [0.29, 0.717) is 11.6 Å². The van der Waals surface area contributed by atoms with Crippen LogP contribution in [0.1, 0.15) is 34.1 Å². The Bertz CT molecular complexity index is 190. The van der Waals surface area contributed by atoms with Crippen LogP contribution in [-0.2, 0) is 0 Å². The van der Waals surface area contributed by atoms with Gasteiger partial charge in [0.25, 0.3) is 0 Å². The highest BCUT2D eigenvalue weighted by molar-refractivity contribution is 5.96. The van der Waals surface area contributed by atoms with Gasteiger partial charge in [0.05, 0.1) is 0 Å². The molecule has 0 aromatic heterocycles. The number of hydrogen-bond acceptors (Lipinski definition) is 2. The lowest BCUT2D eigenvalue weighted by Crippen LogP contribution is -2.11. The number of rotatable bonds is 4. The summed E-state index contributed by atoms with van der Waals surface area (Å²) < 4.78 is 0. The zero-order chi connectivity index (χ0) is 9.72. The van der Waals surface area contributed by atoms with Gasteiger partial charge in [0, 0.05) is 18.5 Å². The van der Waals surface area contributed by atoms with Crippen molar-refractivity contribution in [2.45, 2.75) is 34.1 Å². The van der Waals surface area contributed by atoms with E-state index in [1.807, 2.05) is 20.9 Å². The van der Waals surface area contributed by atoms with Crippen molar-refractivity contribution in [3.05, 3.63) is 11.3 Å². The van der Waals surface area contributed by atoms with Gasteiger partial charge < -0.3 is 10.7 Å². The summed E-state index contributed by atoms with van der Waals surface area (Å²) in [6, 6.07) is 0. The minimum atomic E-state index is 0.614. The first-order valence-electron chi connectivity index (χ1n) is 4.42. The van der Waals surface area contributed by atoms with Gasteiger partial charge in [0.15, 0.2) is 0 Å². The Morgan fingerprint density at radius 1 is 1.33 bits per heavy atom. The zero-order valence-corrected chi connectivity index (χ0v) is 8.78. The molecule has 0 aromatic carbocycles. The first kappa shape index (κ1) is 11.2. The van der Waals surface area contributed by atoms with Gasteiger partial charge in [0.2, 0.25) is 0 Å². The molecule has 0 rings (SSSR count). The first-order chi connectivity index (χ1) is 5.49. The van der Waals surface area contributed by atoms with E-state index in [2.05, 4.69) is 19.2 Å². The molecule has 70 valence electrons. The monoisotopic (exact) mass is 168 g/mol. The molecule has 12 heavy (non-hydrogen) atoms. The van der Waals surface area contributed by atoms with Crippen molar-refractivity contribution in [1.82, 2.24) is 5.32 Å². The maximum Gasteiger partial charge on any atom is 0.0332 e. The summed E-state index contributed by atoms with van der Waals surface area (Å²) in [4.78, 5) is 0. The molecule has 0 radical (unpaired) electrons. The maximum atomic E-state index is 7.58. The van der Waals surface area contributed by atoms with Crippen molar-refractivity contribution in [1.29, 1.82) is 5.41 Å². The second-order valence-corrected chi connectivity index (χ2v) is 3.58. The van der Waals surface area contributed by atoms with Crippen LogP contribution in [0.25, 0.3) is 0 Å². The SMILES string of the molecule is CN/C(C)=C(/CC(C)C)C(C)=N.